The first-order valence-corrected chi connectivity index (χ1v) is 3.54. The van der Waals surface area contributed by atoms with E-state index in [1.54, 1.807) is 0 Å². The van der Waals surface area contributed by atoms with Gasteiger partial charge in [-0.3, -0.25) is 4.79 Å². The lowest BCUT2D eigenvalue weighted by molar-refractivity contribution is -0.137. The molecule has 1 aliphatic rings. The molecule has 0 aromatic heterocycles. The van der Waals surface area contributed by atoms with E-state index in [0.29, 0.717) is 13.0 Å². The van der Waals surface area contributed by atoms with Crippen molar-refractivity contribution in [1.82, 2.24) is 0 Å². The molecule has 1 saturated heterocycles. The monoisotopic (exact) mass is 142 g/mol. The molecule has 0 aromatic rings. The number of ether oxygens (including phenoxy) is 1. The van der Waals surface area contributed by atoms with Gasteiger partial charge in [0.25, 0.3) is 0 Å². The van der Waals surface area contributed by atoms with Crippen LogP contribution in [0.4, 0.5) is 0 Å². The molecule has 0 unspecified atom stereocenters. The van der Waals surface area contributed by atoms with Gasteiger partial charge >= 0.3 is 5.97 Å². The van der Waals surface area contributed by atoms with Gasteiger partial charge in [-0.25, -0.2) is 0 Å². The molecule has 0 aliphatic carbocycles. The third-order valence-corrected chi connectivity index (χ3v) is 1.12. The summed E-state index contributed by atoms with van der Waals surface area (Å²) in [6.45, 7) is 4.64. The molecule has 0 spiro atoms. The normalized spacial score (nSPS) is 16.4. The van der Waals surface area contributed by atoms with Gasteiger partial charge in [0, 0.05) is 6.42 Å². The van der Waals surface area contributed by atoms with E-state index in [1.165, 1.54) is 0 Å². The minimum Gasteiger partial charge on any atom is -0.466 e. The fraction of sp³-hybridized carbons (Fsp3) is 0.625. The minimum atomic E-state index is -0.0463. The first kappa shape index (κ1) is 9.21. The summed E-state index contributed by atoms with van der Waals surface area (Å²) in [5.41, 5.74) is 0. The Bertz CT molecular complexity index is 104. The third kappa shape index (κ3) is 5.35. The molecule has 0 atom stereocenters. The molecule has 1 fully saturated rings. The smallest absolute Gasteiger partial charge is 0.305 e. The van der Waals surface area contributed by atoms with Crippen molar-refractivity contribution in [2.45, 2.75) is 26.7 Å². The van der Waals surface area contributed by atoms with Crippen molar-refractivity contribution in [1.29, 1.82) is 0 Å². The van der Waals surface area contributed by atoms with E-state index in [4.69, 9.17) is 0 Å². The van der Waals surface area contributed by atoms with Crippen molar-refractivity contribution in [3.05, 3.63) is 12.2 Å². The maximum Gasteiger partial charge on any atom is 0.305 e. The van der Waals surface area contributed by atoms with Crippen LogP contribution in [0.5, 0.6) is 0 Å². The molecule has 2 heteroatoms. The van der Waals surface area contributed by atoms with Gasteiger partial charge in [-0.1, -0.05) is 12.2 Å². The molecular formula is C8H14O2. The van der Waals surface area contributed by atoms with Crippen LogP contribution in [-0.4, -0.2) is 12.6 Å². The second kappa shape index (κ2) is 6.33. The Morgan fingerprint density at radius 1 is 1.40 bits per heavy atom. The van der Waals surface area contributed by atoms with Crippen molar-refractivity contribution >= 4 is 5.97 Å². The van der Waals surface area contributed by atoms with Crippen molar-refractivity contribution in [2.75, 3.05) is 6.61 Å². The lowest BCUT2D eigenvalue weighted by Crippen LogP contribution is -1.88. The lowest BCUT2D eigenvalue weighted by atomic mass is 10.4. The summed E-state index contributed by atoms with van der Waals surface area (Å²) in [4.78, 5) is 10.0. The first-order chi connectivity index (χ1) is 4.81. The highest BCUT2D eigenvalue weighted by Crippen LogP contribution is 2.01. The van der Waals surface area contributed by atoms with E-state index in [1.807, 2.05) is 26.0 Å². The van der Waals surface area contributed by atoms with Crippen molar-refractivity contribution in [2.24, 2.45) is 0 Å². The predicted octanol–water partition coefficient (Wildman–Crippen LogP) is 1.91. The molecule has 0 radical (unpaired) electrons. The molecule has 0 N–H and O–H groups in total. The van der Waals surface area contributed by atoms with Gasteiger partial charge in [-0.15, -0.1) is 0 Å². The Kier molecular flexibility index (Phi) is 5.83. The van der Waals surface area contributed by atoms with Crippen LogP contribution in [0.15, 0.2) is 12.2 Å². The quantitative estimate of drug-likeness (QED) is 0.381. The molecule has 58 valence electrons. The molecule has 0 amide bonds. The molecular weight excluding hydrogens is 128 g/mol. The third-order valence-electron chi connectivity index (χ3n) is 1.12. The summed E-state index contributed by atoms with van der Waals surface area (Å²) in [6, 6.07) is 0. The summed E-state index contributed by atoms with van der Waals surface area (Å²) < 4.78 is 4.51. The van der Waals surface area contributed by atoms with Gasteiger partial charge in [0.1, 0.15) is 0 Å². The fourth-order valence-corrected chi connectivity index (χ4v) is 0.475. The van der Waals surface area contributed by atoms with Crippen LogP contribution >= 0.6 is 0 Å². The summed E-state index contributed by atoms with van der Waals surface area (Å²) in [5, 5.41) is 0. The topological polar surface area (TPSA) is 26.3 Å². The Morgan fingerprint density at radius 2 is 2.00 bits per heavy atom. The Labute approximate surface area is 61.9 Å². The molecule has 1 heterocycles. The molecule has 1 rings (SSSR count). The Hall–Kier alpha value is -0.790. The van der Waals surface area contributed by atoms with Crippen LogP contribution in [0.1, 0.15) is 26.7 Å². The molecule has 0 bridgehead atoms. The molecule has 10 heavy (non-hydrogen) atoms. The standard InChI is InChI=1S/C4H6O2.C4H8/c5-4-2-1-3-6-4;1-3-4-2/h1-3H2;3-4H,1-2H3. The molecule has 0 aromatic carbocycles. The molecule has 0 saturated carbocycles. The highest BCUT2D eigenvalue weighted by molar-refractivity contribution is 5.70. The van der Waals surface area contributed by atoms with Gasteiger partial charge in [-0.05, 0) is 20.3 Å². The summed E-state index contributed by atoms with van der Waals surface area (Å²) in [5.74, 6) is -0.0463. The van der Waals surface area contributed by atoms with Gasteiger partial charge in [-0.2, -0.15) is 0 Å². The van der Waals surface area contributed by atoms with E-state index in [0.717, 1.165) is 6.42 Å². The lowest BCUT2D eigenvalue weighted by Gasteiger charge is -1.81. The van der Waals surface area contributed by atoms with Gasteiger partial charge < -0.3 is 4.74 Å². The minimum absolute atomic E-state index is 0.0463. The number of esters is 1. The van der Waals surface area contributed by atoms with Crippen LogP contribution in [0.25, 0.3) is 0 Å². The average Bonchev–Trinajstić information content (AvgIpc) is 2.40. The number of rotatable bonds is 0. The number of carbonyl (C=O) groups is 1. The predicted molar refractivity (Wildman–Crippen MR) is 40.7 cm³/mol. The Morgan fingerprint density at radius 3 is 2.10 bits per heavy atom. The van der Waals surface area contributed by atoms with Crippen molar-refractivity contribution < 1.29 is 9.53 Å². The van der Waals surface area contributed by atoms with Gasteiger partial charge in [0.2, 0.25) is 0 Å². The number of hydrogen-bond acceptors (Lipinski definition) is 2. The van der Waals surface area contributed by atoms with E-state index < -0.39 is 0 Å². The van der Waals surface area contributed by atoms with E-state index >= 15 is 0 Å². The van der Waals surface area contributed by atoms with Crippen LogP contribution < -0.4 is 0 Å². The summed E-state index contributed by atoms with van der Waals surface area (Å²) in [6.07, 6.45) is 5.54. The van der Waals surface area contributed by atoms with Crippen LogP contribution in [0.2, 0.25) is 0 Å². The maximum absolute atomic E-state index is 10.0. The van der Waals surface area contributed by atoms with E-state index in [-0.39, 0.29) is 5.97 Å². The van der Waals surface area contributed by atoms with Crippen LogP contribution in [0, 0.1) is 0 Å². The average molecular weight is 142 g/mol. The zero-order valence-electron chi connectivity index (χ0n) is 6.59. The van der Waals surface area contributed by atoms with E-state index in [2.05, 4.69) is 4.74 Å². The van der Waals surface area contributed by atoms with Gasteiger partial charge in [0.15, 0.2) is 0 Å². The zero-order valence-corrected chi connectivity index (χ0v) is 6.59. The summed E-state index contributed by atoms with van der Waals surface area (Å²) in [7, 11) is 0. The zero-order chi connectivity index (χ0) is 7.82. The number of cyclic esters (lactones) is 1. The SMILES string of the molecule is CC=CC.O=C1CCCO1. The highest BCUT2D eigenvalue weighted by Gasteiger charge is 2.08. The summed E-state index contributed by atoms with van der Waals surface area (Å²) >= 11 is 0. The van der Waals surface area contributed by atoms with Crippen molar-refractivity contribution in [3.63, 3.8) is 0 Å². The number of hydrogen-bond donors (Lipinski definition) is 0. The van der Waals surface area contributed by atoms with Gasteiger partial charge in [0.05, 0.1) is 6.61 Å². The van der Waals surface area contributed by atoms with Crippen molar-refractivity contribution in [3.8, 4) is 0 Å². The second-order valence-electron chi connectivity index (χ2n) is 1.99. The number of carbonyl (C=O) groups excluding carboxylic acids is 1. The van der Waals surface area contributed by atoms with E-state index in [9.17, 15) is 4.79 Å². The molecule has 2 nitrogen and oxygen atoms in total. The number of allylic oxidation sites excluding steroid dienone is 2. The first-order valence-electron chi connectivity index (χ1n) is 3.54. The van der Waals surface area contributed by atoms with Crippen LogP contribution in [0.3, 0.4) is 0 Å². The van der Waals surface area contributed by atoms with Crippen LogP contribution in [-0.2, 0) is 9.53 Å². The maximum atomic E-state index is 10.0. The second-order valence-corrected chi connectivity index (χ2v) is 1.99. The highest BCUT2D eigenvalue weighted by atomic mass is 16.5. The molecule has 1 aliphatic heterocycles. The largest absolute Gasteiger partial charge is 0.466 e. The fourth-order valence-electron chi connectivity index (χ4n) is 0.475. The Balaban J connectivity index is 0.000000180.